The molecular formula is C13H22ClN3O3S. The van der Waals surface area contributed by atoms with Gasteiger partial charge in [0.1, 0.15) is 0 Å². The molecule has 120 valence electrons. The lowest BCUT2D eigenvalue weighted by Crippen LogP contribution is -2.38. The van der Waals surface area contributed by atoms with Crippen LogP contribution in [0.4, 0.5) is 0 Å². The molecule has 6 nitrogen and oxygen atoms in total. The van der Waals surface area contributed by atoms with E-state index < -0.39 is 10.0 Å². The number of rotatable bonds is 7. The fourth-order valence-corrected chi connectivity index (χ4v) is 2.45. The monoisotopic (exact) mass is 335 g/mol. The van der Waals surface area contributed by atoms with E-state index in [-0.39, 0.29) is 30.1 Å². The first-order chi connectivity index (χ1) is 9.31. The molecule has 0 unspecified atom stereocenters. The molecule has 4 N–H and O–H groups in total. The first-order valence-corrected chi connectivity index (χ1v) is 8.14. The number of benzene rings is 1. The Bertz CT molecular complexity index is 564. The van der Waals surface area contributed by atoms with Gasteiger partial charge >= 0.3 is 0 Å². The van der Waals surface area contributed by atoms with Crippen LogP contribution in [0.5, 0.6) is 0 Å². The number of likely N-dealkylation sites (N-methyl/N-ethyl adjacent to an activating group) is 1. The van der Waals surface area contributed by atoms with Crippen molar-refractivity contribution in [3.8, 4) is 0 Å². The third-order valence-corrected chi connectivity index (χ3v) is 3.41. The molecule has 0 saturated heterocycles. The number of hydrogen-bond donors (Lipinski definition) is 3. The number of sulfonamides is 1. The Morgan fingerprint density at radius 2 is 2.05 bits per heavy atom. The van der Waals surface area contributed by atoms with Gasteiger partial charge in [0.2, 0.25) is 10.0 Å². The zero-order chi connectivity index (χ0) is 15.2. The molecule has 1 amide bonds. The van der Waals surface area contributed by atoms with Crippen LogP contribution >= 0.6 is 12.4 Å². The van der Waals surface area contributed by atoms with Crippen LogP contribution in [0.3, 0.4) is 0 Å². The lowest BCUT2D eigenvalue weighted by molar-refractivity contribution is 0.0950. The van der Waals surface area contributed by atoms with Gasteiger partial charge in [-0.2, -0.15) is 0 Å². The third-order valence-electron chi connectivity index (χ3n) is 2.68. The number of carbonyl (C=O) groups is 1. The van der Waals surface area contributed by atoms with Gasteiger partial charge in [0, 0.05) is 18.2 Å². The Kier molecular flexibility index (Phi) is 8.50. The second kappa shape index (κ2) is 8.99. The van der Waals surface area contributed by atoms with Crippen molar-refractivity contribution in [3.05, 3.63) is 35.4 Å². The third kappa shape index (κ3) is 8.01. The van der Waals surface area contributed by atoms with Gasteiger partial charge in [-0.05, 0) is 31.2 Å². The van der Waals surface area contributed by atoms with Crippen molar-refractivity contribution < 1.29 is 13.2 Å². The van der Waals surface area contributed by atoms with E-state index in [0.717, 1.165) is 6.54 Å². The fraction of sp³-hybridized carbons (Fsp3) is 0.462. The first-order valence-electron chi connectivity index (χ1n) is 6.43. The van der Waals surface area contributed by atoms with Gasteiger partial charge in [0.15, 0.2) is 0 Å². The van der Waals surface area contributed by atoms with Crippen molar-refractivity contribution >= 4 is 28.3 Å². The van der Waals surface area contributed by atoms with E-state index in [0.29, 0.717) is 17.7 Å². The number of primary sulfonamides is 1. The Morgan fingerprint density at radius 3 is 2.62 bits per heavy atom. The van der Waals surface area contributed by atoms with E-state index in [2.05, 4.69) is 10.6 Å². The molecule has 0 heterocycles. The average molecular weight is 336 g/mol. The summed E-state index contributed by atoms with van der Waals surface area (Å²) >= 11 is 0. The van der Waals surface area contributed by atoms with Crippen LogP contribution in [0.2, 0.25) is 0 Å². The van der Waals surface area contributed by atoms with E-state index in [4.69, 9.17) is 5.14 Å². The van der Waals surface area contributed by atoms with Crippen LogP contribution in [-0.4, -0.2) is 33.5 Å². The number of carbonyl (C=O) groups excluding carboxylic acids is 1. The van der Waals surface area contributed by atoms with Gasteiger partial charge in [-0.25, -0.2) is 13.6 Å². The van der Waals surface area contributed by atoms with Gasteiger partial charge in [-0.15, -0.1) is 12.4 Å². The van der Waals surface area contributed by atoms with Crippen molar-refractivity contribution in [2.24, 2.45) is 5.14 Å². The van der Waals surface area contributed by atoms with E-state index in [1.54, 1.807) is 18.2 Å². The van der Waals surface area contributed by atoms with Gasteiger partial charge in [0.25, 0.3) is 5.91 Å². The SMILES string of the molecule is CCN[C@H](C)CNC(=O)c1cccc(CS(N)(=O)=O)c1.Cl. The van der Waals surface area contributed by atoms with Crippen LogP contribution in [0, 0.1) is 0 Å². The van der Waals surface area contributed by atoms with Crippen LogP contribution in [0.1, 0.15) is 29.8 Å². The zero-order valence-electron chi connectivity index (χ0n) is 12.1. The largest absolute Gasteiger partial charge is 0.350 e. The number of nitrogens with two attached hydrogens (primary N) is 1. The Labute approximate surface area is 132 Å². The van der Waals surface area contributed by atoms with E-state index in [1.807, 2.05) is 13.8 Å². The quantitative estimate of drug-likeness (QED) is 0.680. The van der Waals surface area contributed by atoms with E-state index in [1.165, 1.54) is 6.07 Å². The van der Waals surface area contributed by atoms with Crippen molar-refractivity contribution in [3.63, 3.8) is 0 Å². The topological polar surface area (TPSA) is 101 Å². The summed E-state index contributed by atoms with van der Waals surface area (Å²) in [6.07, 6.45) is 0. The summed E-state index contributed by atoms with van der Waals surface area (Å²) in [5.41, 5.74) is 0.926. The maximum atomic E-state index is 12.0. The molecule has 1 aromatic carbocycles. The molecule has 1 aromatic rings. The van der Waals surface area contributed by atoms with E-state index in [9.17, 15) is 13.2 Å². The maximum Gasteiger partial charge on any atom is 0.251 e. The molecule has 8 heteroatoms. The Balaban J connectivity index is 0.00000400. The molecule has 0 spiro atoms. The summed E-state index contributed by atoms with van der Waals surface area (Å²) in [6, 6.07) is 6.62. The molecule has 0 fully saturated rings. The maximum absolute atomic E-state index is 12.0. The van der Waals surface area contributed by atoms with Crippen LogP contribution in [-0.2, 0) is 15.8 Å². The summed E-state index contributed by atoms with van der Waals surface area (Å²) in [5.74, 6) is -0.506. The Morgan fingerprint density at radius 1 is 1.38 bits per heavy atom. The standard InChI is InChI=1S/C13H21N3O3S.ClH/c1-3-15-10(2)8-16-13(17)12-6-4-5-11(7-12)9-20(14,18)19;/h4-7,10,15H,3,8-9H2,1-2H3,(H,16,17)(H2,14,18,19);1H/t10-;/m1./s1. The summed E-state index contributed by atoms with van der Waals surface area (Å²) < 4.78 is 22.1. The molecule has 1 rings (SSSR count). The number of halogens is 1. The second-order valence-corrected chi connectivity index (χ2v) is 6.29. The molecular weight excluding hydrogens is 314 g/mol. The summed E-state index contributed by atoms with van der Waals surface area (Å²) in [4.78, 5) is 12.0. The molecule has 0 aliphatic carbocycles. The molecule has 0 aromatic heterocycles. The molecule has 0 aliphatic rings. The minimum atomic E-state index is -3.59. The number of nitrogens with one attached hydrogen (secondary N) is 2. The summed E-state index contributed by atoms with van der Waals surface area (Å²) in [7, 11) is -3.59. The van der Waals surface area contributed by atoms with Crippen molar-refractivity contribution in [2.45, 2.75) is 25.6 Å². The van der Waals surface area contributed by atoms with Crippen LogP contribution < -0.4 is 15.8 Å². The minimum Gasteiger partial charge on any atom is -0.350 e. The molecule has 0 bridgehead atoms. The summed E-state index contributed by atoms with van der Waals surface area (Å²) in [6.45, 7) is 5.31. The lowest BCUT2D eigenvalue weighted by atomic mass is 10.1. The molecule has 1 atom stereocenters. The normalized spacial score (nSPS) is 12.3. The van der Waals surface area contributed by atoms with Crippen molar-refractivity contribution in [1.82, 2.24) is 10.6 Å². The fourth-order valence-electron chi connectivity index (χ4n) is 1.80. The van der Waals surface area contributed by atoms with Gasteiger partial charge < -0.3 is 10.6 Å². The molecule has 0 aliphatic heterocycles. The van der Waals surface area contributed by atoms with Crippen molar-refractivity contribution in [1.29, 1.82) is 0 Å². The summed E-state index contributed by atoms with van der Waals surface area (Å²) in [5, 5.41) is 11.0. The van der Waals surface area contributed by atoms with Gasteiger partial charge in [0.05, 0.1) is 5.75 Å². The smallest absolute Gasteiger partial charge is 0.251 e. The van der Waals surface area contributed by atoms with E-state index >= 15 is 0 Å². The lowest BCUT2D eigenvalue weighted by Gasteiger charge is -2.13. The highest BCUT2D eigenvalue weighted by molar-refractivity contribution is 7.88. The van der Waals surface area contributed by atoms with Crippen molar-refractivity contribution in [2.75, 3.05) is 13.1 Å². The highest BCUT2D eigenvalue weighted by Crippen LogP contribution is 2.08. The zero-order valence-corrected chi connectivity index (χ0v) is 13.8. The minimum absolute atomic E-state index is 0. The predicted molar refractivity (Wildman–Crippen MR) is 86.0 cm³/mol. The highest BCUT2D eigenvalue weighted by Gasteiger charge is 2.10. The van der Waals surface area contributed by atoms with Crippen LogP contribution in [0.15, 0.2) is 24.3 Å². The second-order valence-electron chi connectivity index (χ2n) is 4.68. The molecule has 0 radical (unpaired) electrons. The first kappa shape index (κ1) is 19.9. The molecule has 0 saturated carbocycles. The molecule has 21 heavy (non-hydrogen) atoms. The predicted octanol–water partition coefficient (Wildman–Crippen LogP) is 0.625. The van der Waals surface area contributed by atoms with Crippen LogP contribution in [0.25, 0.3) is 0 Å². The van der Waals surface area contributed by atoms with Gasteiger partial charge in [-0.3, -0.25) is 4.79 Å². The number of amides is 1. The Hall–Kier alpha value is -1.15. The average Bonchev–Trinajstić information content (AvgIpc) is 2.34. The highest BCUT2D eigenvalue weighted by atomic mass is 35.5. The van der Waals surface area contributed by atoms with Gasteiger partial charge in [-0.1, -0.05) is 19.1 Å². The number of hydrogen-bond acceptors (Lipinski definition) is 4.